The number of aliphatic hydroxyl groups excluding tert-OH is 1. The summed E-state index contributed by atoms with van der Waals surface area (Å²) in [6.07, 6.45) is 1.34. The minimum atomic E-state index is -1.18. The third kappa shape index (κ3) is 4.22. The maximum Gasteiger partial charge on any atom is 0.326 e. The van der Waals surface area contributed by atoms with Crippen molar-refractivity contribution in [3.8, 4) is 0 Å². The second kappa shape index (κ2) is 6.69. The van der Waals surface area contributed by atoms with Gasteiger partial charge >= 0.3 is 5.97 Å². The largest absolute Gasteiger partial charge is 0.480 e. The smallest absolute Gasteiger partial charge is 0.326 e. The quantitative estimate of drug-likeness (QED) is 0.654. The number of nitrogens with zero attached hydrogens (tertiary/aromatic N) is 2. The molecular formula is C12H17N3O4. The van der Waals surface area contributed by atoms with Crippen LogP contribution in [0.1, 0.15) is 16.8 Å². The Balaban J connectivity index is 2.74. The van der Waals surface area contributed by atoms with Crippen LogP contribution in [0.25, 0.3) is 0 Å². The van der Waals surface area contributed by atoms with Crippen LogP contribution in [0, 0.1) is 0 Å². The summed E-state index contributed by atoms with van der Waals surface area (Å²) < 4.78 is 0. The number of aliphatic carboxylic acids is 1. The number of carboxylic acid groups (broad SMARTS) is 1. The Bertz CT molecular complexity index is 445. The molecule has 0 spiro atoms. The molecule has 0 unspecified atom stereocenters. The van der Waals surface area contributed by atoms with Crippen molar-refractivity contribution in [2.75, 3.05) is 25.6 Å². The van der Waals surface area contributed by atoms with Gasteiger partial charge in [-0.2, -0.15) is 0 Å². The van der Waals surface area contributed by atoms with Crippen molar-refractivity contribution in [2.45, 2.75) is 12.5 Å². The molecule has 0 saturated carbocycles. The molecule has 0 aromatic carbocycles. The SMILES string of the molecule is CN(C)c1ccc(C(=O)N[C@@H](CCO)C(=O)O)cn1. The van der Waals surface area contributed by atoms with Crippen LogP contribution in [0.3, 0.4) is 0 Å². The number of rotatable bonds is 6. The Hall–Kier alpha value is -2.15. The molecule has 7 heteroatoms. The number of carbonyl (C=O) groups excluding carboxylic acids is 1. The number of aliphatic hydroxyl groups is 1. The highest BCUT2D eigenvalue weighted by molar-refractivity contribution is 5.96. The van der Waals surface area contributed by atoms with E-state index in [-0.39, 0.29) is 18.6 Å². The Kier molecular flexibility index (Phi) is 5.25. The molecule has 0 fully saturated rings. The number of carboxylic acids is 1. The van der Waals surface area contributed by atoms with E-state index >= 15 is 0 Å². The molecule has 1 aromatic heterocycles. The van der Waals surface area contributed by atoms with E-state index in [1.54, 1.807) is 17.0 Å². The minimum absolute atomic E-state index is 0.0374. The first-order chi connectivity index (χ1) is 8.95. The molecule has 19 heavy (non-hydrogen) atoms. The first-order valence-corrected chi connectivity index (χ1v) is 5.73. The lowest BCUT2D eigenvalue weighted by molar-refractivity contribution is -0.139. The fourth-order valence-electron chi connectivity index (χ4n) is 1.41. The molecule has 0 aliphatic heterocycles. The van der Waals surface area contributed by atoms with E-state index in [4.69, 9.17) is 10.2 Å². The van der Waals surface area contributed by atoms with Gasteiger partial charge < -0.3 is 20.4 Å². The van der Waals surface area contributed by atoms with Crippen molar-refractivity contribution >= 4 is 17.7 Å². The summed E-state index contributed by atoms with van der Waals surface area (Å²) in [6, 6.07) is 2.12. The van der Waals surface area contributed by atoms with Crippen LogP contribution >= 0.6 is 0 Å². The number of hydrogen-bond donors (Lipinski definition) is 3. The van der Waals surface area contributed by atoms with Crippen LogP contribution in [0.5, 0.6) is 0 Å². The van der Waals surface area contributed by atoms with E-state index in [0.29, 0.717) is 5.82 Å². The molecule has 104 valence electrons. The summed E-state index contributed by atoms with van der Waals surface area (Å²) >= 11 is 0. The lowest BCUT2D eigenvalue weighted by atomic mass is 10.2. The van der Waals surface area contributed by atoms with E-state index in [9.17, 15) is 9.59 Å². The van der Waals surface area contributed by atoms with Crippen molar-refractivity contribution in [2.24, 2.45) is 0 Å². The standard InChI is InChI=1S/C12H17N3O4/c1-15(2)10-4-3-8(7-13-10)11(17)14-9(5-6-16)12(18)19/h3-4,7,9,16H,5-6H2,1-2H3,(H,14,17)(H,18,19)/t9-/m0/s1. The maximum atomic E-state index is 11.8. The number of aromatic nitrogens is 1. The molecule has 1 heterocycles. The lowest BCUT2D eigenvalue weighted by Crippen LogP contribution is -2.41. The van der Waals surface area contributed by atoms with E-state index in [1.807, 2.05) is 14.1 Å². The molecule has 0 aliphatic carbocycles. The molecule has 7 nitrogen and oxygen atoms in total. The van der Waals surface area contributed by atoms with Crippen LogP contribution in [0.2, 0.25) is 0 Å². The molecular weight excluding hydrogens is 250 g/mol. The predicted octanol–water partition coefficient (Wildman–Crippen LogP) is -0.287. The Morgan fingerprint density at radius 2 is 2.11 bits per heavy atom. The van der Waals surface area contributed by atoms with E-state index in [1.165, 1.54) is 6.20 Å². The molecule has 1 atom stereocenters. The third-order valence-electron chi connectivity index (χ3n) is 2.49. The Morgan fingerprint density at radius 1 is 1.42 bits per heavy atom. The zero-order valence-corrected chi connectivity index (χ0v) is 10.8. The van der Waals surface area contributed by atoms with Gasteiger partial charge in [-0.1, -0.05) is 0 Å². The van der Waals surface area contributed by atoms with Crippen LogP contribution in [0.4, 0.5) is 5.82 Å². The maximum absolute atomic E-state index is 11.8. The highest BCUT2D eigenvalue weighted by Crippen LogP contribution is 2.08. The van der Waals surface area contributed by atoms with Gasteiger partial charge in [0, 0.05) is 33.3 Å². The first-order valence-electron chi connectivity index (χ1n) is 5.73. The summed E-state index contributed by atoms with van der Waals surface area (Å²) in [7, 11) is 3.65. The van der Waals surface area contributed by atoms with Crippen molar-refractivity contribution in [1.82, 2.24) is 10.3 Å². The topological polar surface area (TPSA) is 103 Å². The highest BCUT2D eigenvalue weighted by atomic mass is 16.4. The van der Waals surface area contributed by atoms with Gasteiger partial charge in [-0.15, -0.1) is 0 Å². The molecule has 1 rings (SSSR count). The van der Waals surface area contributed by atoms with Gasteiger partial charge in [-0.25, -0.2) is 9.78 Å². The van der Waals surface area contributed by atoms with Crippen LogP contribution in [0.15, 0.2) is 18.3 Å². The first kappa shape index (κ1) is 14.9. The molecule has 0 aliphatic rings. The third-order valence-corrected chi connectivity index (χ3v) is 2.49. The number of hydrogen-bond acceptors (Lipinski definition) is 5. The number of carbonyl (C=O) groups is 2. The average Bonchev–Trinajstić information content (AvgIpc) is 2.38. The summed E-state index contributed by atoms with van der Waals surface area (Å²) in [5, 5.41) is 19.9. The summed E-state index contributed by atoms with van der Waals surface area (Å²) in [5.74, 6) is -1.01. The fourth-order valence-corrected chi connectivity index (χ4v) is 1.41. The minimum Gasteiger partial charge on any atom is -0.480 e. The van der Waals surface area contributed by atoms with Crippen LogP contribution in [-0.2, 0) is 4.79 Å². The molecule has 0 radical (unpaired) electrons. The number of amides is 1. The lowest BCUT2D eigenvalue weighted by Gasteiger charge is -2.14. The van der Waals surface area contributed by atoms with Gasteiger partial charge in [0.1, 0.15) is 11.9 Å². The van der Waals surface area contributed by atoms with Gasteiger partial charge in [-0.3, -0.25) is 4.79 Å². The number of anilines is 1. The number of nitrogens with one attached hydrogen (secondary N) is 1. The van der Waals surface area contributed by atoms with E-state index in [0.717, 1.165) is 0 Å². The van der Waals surface area contributed by atoms with Crippen molar-refractivity contribution < 1.29 is 19.8 Å². The normalized spacial score (nSPS) is 11.7. The Labute approximate surface area is 110 Å². The van der Waals surface area contributed by atoms with Gasteiger partial charge in [-0.05, 0) is 12.1 Å². The van der Waals surface area contributed by atoms with Crippen molar-refractivity contribution in [1.29, 1.82) is 0 Å². The molecule has 3 N–H and O–H groups in total. The summed E-state index contributed by atoms with van der Waals surface area (Å²) in [4.78, 5) is 28.5. The van der Waals surface area contributed by atoms with Gasteiger partial charge in [0.05, 0.1) is 5.56 Å². The second-order valence-electron chi connectivity index (χ2n) is 4.18. The van der Waals surface area contributed by atoms with Gasteiger partial charge in [0.25, 0.3) is 5.91 Å². The monoisotopic (exact) mass is 267 g/mol. The molecule has 0 bridgehead atoms. The Morgan fingerprint density at radius 3 is 2.53 bits per heavy atom. The number of pyridine rings is 1. The van der Waals surface area contributed by atoms with Crippen LogP contribution in [-0.4, -0.2) is 53.8 Å². The fraction of sp³-hybridized carbons (Fsp3) is 0.417. The molecule has 1 amide bonds. The van der Waals surface area contributed by atoms with E-state index in [2.05, 4.69) is 10.3 Å². The molecule has 1 aromatic rings. The highest BCUT2D eigenvalue weighted by Gasteiger charge is 2.20. The zero-order valence-electron chi connectivity index (χ0n) is 10.8. The van der Waals surface area contributed by atoms with Crippen molar-refractivity contribution in [3.05, 3.63) is 23.9 Å². The summed E-state index contributed by atoms with van der Waals surface area (Å²) in [5.41, 5.74) is 0.273. The summed E-state index contributed by atoms with van der Waals surface area (Å²) in [6.45, 7) is -0.310. The van der Waals surface area contributed by atoms with Crippen molar-refractivity contribution in [3.63, 3.8) is 0 Å². The van der Waals surface area contributed by atoms with Gasteiger partial charge in [0.15, 0.2) is 0 Å². The van der Waals surface area contributed by atoms with E-state index < -0.39 is 17.9 Å². The zero-order chi connectivity index (χ0) is 14.4. The van der Waals surface area contributed by atoms with Gasteiger partial charge in [0.2, 0.25) is 0 Å². The second-order valence-corrected chi connectivity index (χ2v) is 4.18. The van der Waals surface area contributed by atoms with Crippen LogP contribution < -0.4 is 10.2 Å². The predicted molar refractivity (Wildman–Crippen MR) is 69.2 cm³/mol. The average molecular weight is 267 g/mol. The molecule has 0 saturated heterocycles.